The van der Waals surface area contributed by atoms with Gasteiger partial charge in [0.25, 0.3) is 0 Å². The molecule has 0 amide bonds. The van der Waals surface area contributed by atoms with E-state index in [1.165, 1.54) is 25.7 Å². The quantitative estimate of drug-likeness (QED) is 0.845. The van der Waals surface area contributed by atoms with Gasteiger partial charge < -0.3 is 9.26 Å². The highest BCUT2D eigenvalue weighted by Crippen LogP contribution is 2.48. The van der Waals surface area contributed by atoms with E-state index in [9.17, 15) is 0 Å². The molecule has 3 aliphatic heterocycles. The summed E-state index contributed by atoms with van der Waals surface area (Å²) in [4.78, 5) is 7.13. The van der Waals surface area contributed by atoms with Gasteiger partial charge in [0.2, 0.25) is 5.89 Å². The van der Waals surface area contributed by atoms with Crippen LogP contribution in [-0.4, -0.2) is 40.3 Å². The minimum absolute atomic E-state index is 0.250. The number of likely N-dealkylation sites (tertiary alicyclic amines) is 1. The van der Waals surface area contributed by atoms with Gasteiger partial charge in [0.05, 0.1) is 18.2 Å². The smallest absolute Gasteiger partial charge is 0.243 e. The summed E-state index contributed by atoms with van der Waals surface area (Å²) in [7, 11) is 0. The summed E-state index contributed by atoms with van der Waals surface area (Å²) in [5, 5.41) is 4.15. The minimum Gasteiger partial charge on any atom is -0.374 e. The predicted octanol–water partition coefficient (Wildman–Crippen LogP) is 2.12. The second-order valence-corrected chi connectivity index (χ2v) is 7.01. The summed E-state index contributed by atoms with van der Waals surface area (Å²) < 4.78 is 11.5. The van der Waals surface area contributed by atoms with E-state index in [2.05, 4.69) is 22.0 Å². The van der Waals surface area contributed by atoms with Gasteiger partial charge in [-0.05, 0) is 32.6 Å². The fourth-order valence-corrected chi connectivity index (χ4v) is 4.39. The molecule has 0 radical (unpaired) electrons. The highest BCUT2D eigenvalue weighted by molar-refractivity contribution is 5.07. The number of nitrogens with zero attached hydrogens (tertiary/aromatic N) is 3. The van der Waals surface area contributed by atoms with Gasteiger partial charge in [-0.15, -0.1) is 0 Å². The lowest BCUT2D eigenvalue weighted by molar-refractivity contribution is 0.0626. The standard InChI is InChI=1S/C15H21N3O2/c1-8(15-16-14(17-20-15)9-2-3-9)18-6-10-11(7-18)13-5-4-12(10)19-13/h8-13H,2-7H2,1H3. The van der Waals surface area contributed by atoms with E-state index in [4.69, 9.17) is 9.26 Å². The van der Waals surface area contributed by atoms with Crippen molar-refractivity contribution in [3.63, 3.8) is 0 Å². The minimum atomic E-state index is 0.250. The summed E-state index contributed by atoms with van der Waals surface area (Å²) in [5.41, 5.74) is 0. The first kappa shape index (κ1) is 11.7. The Morgan fingerprint density at radius 3 is 2.45 bits per heavy atom. The van der Waals surface area contributed by atoms with Crippen LogP contribution in [0.5, 0.6) is 0 Å². The van der Waals surface area contributed by atoms with Crippen LogP contribution in [-0.2, 0) is 4.74 Å². The summed E-state index contributed by atoms with van der Waals surface area (Å²) in [6, 6.07) is 0.250. The van der Waals surface area contributed by atoms with E-state index >= 15 is 0 Å². The second-order valence-electron chi connectivity index (χ2n) is 7.01. The molecular weight excluding hydrogens is 254 g/mol. The van der Waals surface area contributed by atoms with Crippen LogP contribution >= 0.6 is 0 Å². The van der Waals surface area contributed by atoms with Gasteiger partial charge in [-0.2, -0.15) is 4.98 Å². The fourth-order valence-electron chi connectivity index (χ4n) is 4.39. The Kier molecular flexibility index (Phi) is 2.36. The molecule has 0 N–H and O–H groups in total. The topological polar surface area (TPSA) is 51.4 Å². The maximum atomic E-state index is 6.04. The normalized spacial score (nSPS) is 41.2. The first-order valence-corrected chi connectivity index (χ1v) is 8.02. The molecule has 2 bridgehead atoms. The van der Waals surface area contributed by atoms with Crippen molar-refractivity contribution in [1.82, 2.24) is 15.0 Å². The third kappa shape index (κ3) is 1.62. The number of rotatable bonds is 3. The molecule has 5 nitrogen and oxygen atoms in total. The fraction of sp³-hybridized carbons (Fsp3) is 0.867. The van der Waals surface area contributed by atoms with Crippen molar-refractivity contribution in [2.45, 2.75) is 56.8 Å². The highest BCUT2D eigenvalue weighted by atomic mass is 16.5. The second kappa shape index (κ2) is 4.04. The van der Waals surface area contributed by atoms with Crippen molar-refractivity contribution in [1.29, 1.82) is 0 Å². The molecule has 5 atom stereocenters. The van der Waals surface area contributed by atoms with Crippen LogP contribution in [0.4, 0.5) is 0 Å². The van der Waals surface area contributed by atoms with Crippen LogP contribution < -0.4 is 0 Å². The van der Waals surface area contributed by atoms with Gasteiger partial charge >= 0.3 is 0 Å². The van der Waals surface area contributed by atoms with Crippen LogP contribution in [0.3, 0.4) is 0 Å². The van der Waals surface area contributed by atoms with Gasteiger partial charge in [-0.1, -0.05) is 5.16 Å². The first-order chi connectivity index (χ1) is 9.79. The van der Waals surface area contributed by atoms with Crippen molar-refractivity contribution in [2.75, 3.05) is 13.1 Å². The van der Waals surface area contributed by atoms with Gasteiger partial charge in [-0.3, -0.25) is 4.90 Å². The molecule has 4 aliphatic rings. The van der Waals surface area contributed by atoms with Crippen molar-refractivity contribution < 1.29 is 9.26 Å². The van der Waals surface area contributed by atoms with Crippen molar-refractivity contribution in [2.24, 2.45) is 11.8 Å². The summed E-state index contributed by atoms with van der Waals surface area (Å²) >= 11 is 0. The first-order valence-electron chi connectivity index (χ1n) is 8.02. The van der Waals surface area contributed by atoms with Gasteiger partial charge in [0.1, 0.15) is 0 Å². The lowest BCUT2D eigenvalue weighted by atomic mass is 9.82. The van der Waals surface area contributed by atoms with Gasteiger partial charge in [-0.25, -0.2) is 0 Å². The van der Waals surface area contributed by atoms with Crippen LogP contribution in [0.2, 0.25) is 0 Å². The Balaban J connectivity index is 1.33. The zero-order valence-electron chi connectivity index (χ0n) is 11.9. The largest absolute Gasteiger partial charge is 0.374 e. The number of ether oxygens (including phenoxy) is 1. The Labute approximate surface area is 118 Å². The van der Waals surface area contributed by atoms with Crippen molar-refractivity contribution in [3.8, 4) is 0 Å². The predicted molar refractivity (Wildman–Crippen MR) is 71.1 cm³/mol. The molecule has 1 aromatic rings. The molecule has 0 spiro atoms. The van der Waals surface area contributed by atoms with Crippen molar-refractivity contribution >= 4 is 0 Å². The number of fused-ring (bicyclic) bond motifs is 5. The van der Waals surface area contributed by atoms with E-state index in [1.54, 1.807) is 0 Å². The van der Waals surface area contributed by atoms with E-state index in [-0.39, 0.29) is 6.04 Å². The Morgan fingerprint density at radius 2 is 1.80 bits per heavy atom. The van der Waals surface area contributed by atoms with E-state index in [1.807, 2.05) is 0 Å². The van der Waals surface area contributed by atoms with Crippen LogP contribution in [0.15, 0.2) is 4.52 Å². The maximum absolute atomic E-state index is 6.04. The highest BCUT2D eigenvalue weighted by Gasteiger charge is 2.53. The molecule has 1 aliphatic carbocycles. The van der Waals surface area contributed by atoms with Gasteiger partial charge in [0, 0.05) is 30.8 Å². The zero-order chi connectivity index (χ0) is 13.3. The molecule has 20 heavy (non-hydrogen) atoms. The lowest BCUT2D eigenvalue weighted by Gasteiger charge is -2.22. The van der Waals surface area contributed by atoms with Crippen LogP contribution in [0.25, 0.3) is 0 Å². The summed E-state index contributed by atoms with van der Waals surface area (Å²) in [5.74, 6) is 3.78. The molecule has 4 fully saturated rings. The molecule has 108 valence electrons. The molecule has 4 heterocycles. The molecular formula is C15H21N3O2. The molecule has 5 heteroatoms. The van der Waals surface area contributed by atoms with E-state index in [0.29, 0.717) is 18.1 Å². The Bertz CT molecular complexity index is 509. The lowest BCUT2D eigenvalue weighted by Crippen LogP contribution is -2.28. The average Bonchev–Trinajstić information content (AvgIpc) is 2.94. The number of aromatic nitrogens is 2. The van der Waals surface area contributed by atoms with E-state index < -0.39 is 0 Å². The SMILES string of the molecule is CC(c1nc(C2CC2)no1)N1CC2C3CCC(O3)C2C1. The van der Waals surface area contributed by atoms with Gasteiger partial charge in [0.15, 0.2) is 5.82 Å². The van der Waals surface area contributed by atoms with Crippen molar-refractivity contribution in [3.05, 3.63) is 11.7 Å². The number of hydrogen-bond acceptors (Lipinski definition) is 5. The Morgan fingerprint density at radius 1 is 1.10 bits per heavy atom. The molecule has 3 saturated heterocycles. The van der Waals surface area contributed by atoms with E-state index in [0.717, 1.165) is 36.6 Å². The molecule has 5 unspecified atom stereocenters. The molecule has 1 saturated carbocycles. The van der Waals surface area contributed by atoms with Crippen LogP contribution in [0, 0.1) is 11.8 Å². The zero-order valence-corrected chi connectivity index (χ0v) is 11.9. The Hall–Kier alpha value is -0.940. The molecule has 1 aromatic heterocycles. The summed E-state index contributed by atoms with van der Waals surface area (Å²) in [6.07, 6.45) is 6.02. The monoisotopic (exact) mass is 275 g/mol. The third-order valence-electron chi connectivity index (χ3n) is 5.79. The average molecular weight is 275 g/mol. The molecule has 0 aromatic carbocycles. The summed E-state index contributed by atoms with van der Waals surface area (Å²) in [6.45, 7) is 4.47. The van der Waals surface area contributed by atoms with Crippen LogP contribution in [0.1, 0.15) is 56.3 Å². The molecule has 5 rings (SSSR count). The third-order valence-corrected chi connectivity index (χ3v) is 5.79. The number of hydrogen-bond donors (Lipinski definition) is 0. The maximum Gasteiger partial charge on any atom is 0.243 e.